The van der Waals surface area contributed by atoms with E-state index in [2.05, 4.69) is 11.9 Å². The Kier molecular flexibility index (Phi) is 3.17. The zero-order chi connectivity index (χ0) is 10.7. The molecule has 0 aromatic heterocycles. The summed E-state index contributed by atoms with van der Waals surface area (Å²) >= 11 is 0. The Balaban J connectivity index is 2.09. The standard InChI is InChI=1S/C13H16FN/c1-10(12-6-8-15-9-7-12)11-2-4-13(14)5-3-11/h2-5,12,15H,1,6-9H2. The number of hydrogen-bond donors (Lipinski definition) is 1. The zero-order valence-electron chi connectivity index (χ0n) is 8.80. The molecule has 2 rings (SSSR count). The molecule has 0 unspecified atom stereocenters. The largest absolute Gasteiger partial charge is 0.317 e. The lowest BCUT2D eigenvalue weighted by Crippen LogP contribution is -2.28. The van der Waals surface area contributed by atoms with Gasteiger partial charge in [-0.15, -0.1) is 0 Å². The first-order valence-corrected chi connectivity index (χ1v) is 5.43. The Bertz CT molecular complexity index is 336. The molecular weight excluding hydrogens is 189 g/mol. The van der Waals surface area contributed by atoms with Crippen molar-refractivity contribution in [3.05, 3.63) is 42.2 Å². The van der Waals surface area contributed by atoms with Gasteiger partial charge in [0.2, 0.25) is 0 Å². The van der Waals surface area contributed by atoms with Crippen LogP contribution in [0.2, 0.25) is 0 Å². The van der Waals surface area contributed by atoms with Crippen LogP contribution in [0.25, 0.3) is 5.57 Å². The average Bonchev–Trinajstić information content (AvgIpc) is 2.30. The van der Waals surface area contributed by atoms with Crippen molar-refractivity contribution in [1.82, 2.24) is 5.32 Å². The summed E-state index contributed by atoms with van der Waals surface area (Å²) in [5.74, 6) is 0.369. The molecule has 1 aromatic carbocycles. The van der Waals surface area contributed by atoms with Crippen LogP contribution >= 0.6 is 0 Å². The van der Waals surface area contributed by atoms with Crippen LogP contribution in [0, 0.1) is 11.7 Å². The van der Waals surface area contributed by atoms with Crippen molar-refractivity contribution in [2.24, 2.45) is 5.92 Å². The molecule has 1 N–H and O–H groups in total. The second-order valence-electron chi connectivity index (χ2n) is 4.06. The predicted octanol–water partition coefficient (Wildman–Crippen LogP) is 2.84. The molecule has 1 fully saturated rings. The quantitative estimate of drug-likeness (QED) is 0.782. The fourth-order valence-electron chi connectivity index (χ4n) is 2.07. The summed E-state index contributed by atoms with van der Waals surface area (Å²) in [6.45, 7) is 6.25. The minimum absolute atomic E-state index is 0.183. The molecule has 1 saturated heterocycles. The van der Waals surface area contributed by atoms with Gasteiger partial charge in [-0.05, 0) is 55.1 Å². The highest BCUT2D eigenvalue weighted by atomic mass is 19.1. The molecule has 0 atom stereocenters. The molecule has 1 nitrogen and oxygen atoms in total. The number of piperidine rings is 1. The highest BCUT2D eigenvalue weighted by Crippen LogP contribution is 2.28. The zero-order valence-corrected chi connectivity index (χ0v) is 8.80. The summed E-state index contributed by atoms with van der Waals surface area (Å²) < 4.78 is 12.8. The van der Waals surface area contributed by atoms with Crippen molar-refractivity contribution >= 4 is 5.57 Å². The molecule has 0 spiro atoms. The van der Waals surface area contributed by atoms with E-state index in [0.29, 0.717) is 5.92 Å². The van der Waals surface area contributed by atoms with Gasteiger partial charge in [0, 0.05) is 0 Å². The minimum Gasteiger partial charge on any atom is -0.317 e. The van der Waals surface area contributed by atoms with E-state index in [0.717, 1.165) is 37.1 Å². The van der Waals surface area contributed by atoms with Crippen LogP contribution in [0.4, 0.5) is 4.39 Å². The first-order chi connectivity index (χ1) is 7.27. The monoisotopic (exact) mass is 205 g/mol. The Labute approximate surface area is 90.0 Å². The Hall–Kier alpha value is -1.15. The van der Waals surface area contributed by atoms with E-state index in [-0.39, 0.29) is 5.82 Å². The van der Waals surface area contributed by atoms with Gasteiger partial charge in [-0.25, -0.2) is 4.39 Å². The third kappa shape index (κ3) is 2.45. The molecule has 0 radical (unpaired) electrons. The van der Waals surface area contributed by atoms with Gasteiger partial charge in [-0.1, -0.05) is 18.7 Å². The Morgan fingerprint density at radius 3 is 2.40 bits per heavy atom. The Morgan fingerprint density at radius 1 is 1.20 bits per heavy atom. The molecule has 1 heterocycles. The molecule has 0 amide bonds. The van der Waals surface area contributed by atoms with Crippen LogP contribution in [0.3, 0.4) is 0 Å². The predicted molar refractivity (Wildman–Crippen MR) is 61.0 cm³/mol. The molecule has 0 saturated carbocycles. The normalized spacial score (nSPS) is 17.7. The molecule has 0 bridgehead atoms. The minimum atomic E-state index is -0.183. The summed E-state index contributed by atoms with van der Waals surface area (Å²) in [5.41, 5.74) is 2.22. The van der Waals surface area contributed by atoms with Crippen LogP contribution in [-0.2, 0) is 0 Å². The van der Waals surface area contributed by atoms with Gasteiger partial charge in [-0.3, -0.25) is 0 Å². The van der Waals surface area contributed by atoms with Crippen LogP contribution in [0.1, 0.15) is 18.4 Å². The first kappa shape index (κ1) is 10.4. The van der Waals surface area contributed by atoms with Gasteiger partial charge in [0.25, 0.3) is 0 Å². The highest BCUT2D eigenvalue weighted by molar-refractivity contribution is 5.65. The lowest BCUT2D eigenvalue weighted by atomic mass is 9.87. The van der Waals surface area contributed by atoms with E-state index in [1.165, 1.54) is 12.1 Å². The number of hydrogen-bond acceptors (Lipinski definition) is 1. The molecule has 1 aliphatic heterocycles. The first-order valence-electron chi connectivity index (χ1n) is 5.43. The maximum absolute atomic E-state index is 12.8. The van der Waals surface area contributed by atoms with E-state index in [9.17, 15) is 4.39 Å². The number of rotatable bonds is 2. The maximum Gasteiger partial charge on any atom is 0.123 e. The number of benzene rings is 1. The number of nitrogens with one attached hydrogen (secondary N) is 1. The summed E-state index contributed by atoms with van der Waals surface area (Å²) in [7, 11) is 0. The van der Waals surface area contributed by atoms with Crippen LogP contribution in [0.5, 0.6) is 0 Å². The van der Waals surface area contributed by atoms with E-state index >= 15 is 0 Å². The fraction of sp³-hybridized carbons (Fsp3) is 0.385. The molecule has 15 heavy (non-hydrogen) atoms. The van der Waals surface area contributed by atoms with E-state index in [4.69, 9.17) is 0 Å². The van der Waals surface area contributed by atoms with Gasteiger partial charge in [0.05, 0.1) is 0 Å². The van der Waals surface area contributed by atoms with Crippen molar-refractivity contribution in [2.45, 2.75) is 12.8 Å². The van der Waals surface area contributed by atoms with E-state index in [1.54, 1.807) is 0 Å². The third-order valence-corrected chi connectivity index (χ3v) is 3.05. The molecule has 1 aliphatic rings. The molecule has 1 aromatic rings. The van der Waals surface area contributed by atoms with Crippen molar-refractivity contribution in [1.29, 1.82) is 0 Å². The van der Waals surface area contributed by atoms with Gasteiger partial charge >= 0.3 is 0 Å². The van der Waals surface area contributed by atoms with Gasteiger partial charge in [-0.2, -0.15) is 0 Å². The molecule has 2 heteroatoms. The summed E-state index contributed by atoms with van der Waals surface area (Å²) in [6.07, 6.45) is 2.27. The van der Waals surface area contributed by atoms with Gasteiger partial charge in [0.15, 0.2) is 0 Å². The smallest absolute Gasteiger partial charge is 0.123 e. The summed E-state index contributed by atoms with van der Waals surface area (Å²) in [4.78, 5) is 0. The van der Waals surface area contributed by atoms with Gasteiger partial charge < -0.3 is 5.32 Å². The van der Waals surface area contributed by atoms with Crippen molar-refractivity contribution in [2.75, 3.05) is 13.1 Å². The van der Waals surface area contributed by atoms with E-state index < -0.39 is 0 Å². The second-order valence-corrected chi connectivity index (χ2v) is 4.06. The van der Waals surface area contributed by atoms with Crippen LogP contribution < -0.4 is 5.32 Å². The van der Waals surface area contributed by atoms with Crippen molar-refractivity contribution < 1.29 is 4.39 Å². The maximum atomic E-state index is 12.8. The van der Waals surface area contributed by atoms with Crippen molar-refractivity contribution in [3.63, 3.8) is 0 Å². The molecule has 0 aliphatic carbocycles. The van der Waals surface area contributed by atoms with Gasteiger partial charge in [0.1, 0.15) is 5.82 Å². The average molecular weight is 205 g/mol. The Morgan fingerprint density at radius 2 is 1.80 bits per heavy atom. The van der Waals surface area contributed by atoms with Crippen LogP contribution in [-0.4, -0.2) is 13.1 Å². The lowest BCUT2D eigenvalue weighted by Gasteiger charge is -2.24. The molecular formula is C13H16FN. The fourth-order valence-corrected chi connectivity index (χ4v) is 2.07. The van der Waals surface area contributed by atoms with E-state index in [1.807, 2.05) is 12.1 Å². The SMILES string of the molecule is C=C(c1ccc(F)cc1)C1CCNCC1. The van der Waals surface area contributed by atoms with Crippen LogP contribution in [0.15, 0.2) is 30.8 Å². The molecule has 80 valence electrons. The second kappa shape index (κ2) is 4.58. The lowest BCUT2D eigenvalue weighted by molar-refractivity contribution is 0.447. The summed E-state index contributed by atoms with van der Waals surface area (Å²) in [6, 6.07) is 6.64. The number of allylic oxidation sites excluding steroid dienone is 1. The number of halogens is 1. The summed E-state index contributed by atoms with van der Waals surface area (Å²) in [5, 5.41) is 3.33. The van der Waals surface area contributed by atoms with Crippen molar-refractivity contribution in [3.8, 4) is 0 Å². The third-order valence-electron chi connectivity index (χ3n) is 3.05. The highest BCUT2D eigenvalue weighted by Gasteiger charge is 2.16. The topological polar surface area (TPSA) is 12.0 Å².